The summed E-state index contributed by atoms with van der Waals surface area (Å²) >= 11 is 0. The van der Waals surface area contributed by atoms with Crippen molar-refractivity contribution in [3.05, 3.63) is 29.6 Å². The number of nitrogens with one attached hydrogen (secondary N) is 1. The molecule has 0 bridgehead atoms. The smallest absolute Gasteiger partial charge is 0.0403 e. The molecule has 0 atom stereocenters. The summed E-state index contributed by atoms with van der Waals surface area (Å²) in [4.78, 5) is 4.21. The summed E-state index contributed by atoms with van der Waals surface area (Å²) in [5, 5.41) is 2.75. The number of aromatic nitrogens is 1. The van der Waals surface area contributed by atoms with Gasteiger partial charge in [-0.2, -0.15) is 0 Å². The van der Waals surface area contributed by atoms with Crippen LogP contribution in [0.1, 0.15) is 25.1 Å². The first kappa shape index (κ1) is 12.1. The highest BCUT2D eigenvalue weighted by molar-refractivity contribution is 5.15. The Kier molecular flexibility index (Phi) is 7.21. The van der Waals surface area contributed by atoms with Crippen molar-refractivity contribution in [3.63, 3.8) is 0 Å². The molecule has 0 aliphatic carbocycles. The predicted octanol–water partition coefficient (Wildman–Crippen LogP) is 2.04. The minimum absolute atomic E-state index is 1.04. The normalized spacial score (nSPS) is 8.92. The van der Waals surface area contributed by atoms with Crippen molar-refractivity contribution in [1.29, 1.82) is 0 Å². The molecule has 0 saturated heterocycles. The van der Waals surface area contributed by atoms with Crippen molar-refractivity contribution < 1.29 is 0 Å². The number of pyridine rings is 1. The van der Waals surface area contributed by atoms with E-state index < -0.39 is 0 Å². The van der Waals surface area contributed by atoms with Crippen LogP contribution in [0.2, 0.25) is 0 Å². The number of nitrogens with zero attached hydrogens (tertiary/aromatic N) is 1. The first-order valence-electron chi connectivity index (χ1n) is 4.80. The average Bonchev–Trinajstić information content (AvgIpc) is 2.19. The van der Waals surface area contributed by atoms with Gasteiger partial charge in [0.1, 0.15) is 0 Å². The van der Waals surface area contributed by atoms with E-state index in [1.807, 2.05) is 20.3 Å². The number of rotatable bonds is 2. The molecule has 1 N–H and O–H groups in total. The molecule has 0 aromatic carbocycles. The quantitative estimate of drug-likeness (QED) is 0.753. The largest absolute Gasteiger partial charge is 0.323 e. The Morgan fingerprint density at radius 3 is 2.31 bits per heavy atom. The van der Waals surface area contributed by atoms with Crippen molar-refractivity contribution in [2.75, 3.05) is 14.1 Å². The zero-order chi connectivity index (χ0) is 10.1. The molecule has 0 unspecified atom stereocenters. The first-order valence-corrected chi connectivity index (χ1v) is 4.80. The SMILES string of the molecule is CCc1ccnc(CC)c1.CNC. The van der Waals surface area contributed by atoms with E-state index in [1.54, 1.807) is 0 Å². The first-order chi connectivity index (χ1) is 6.28. The molecule has 0 amide bonds. The van der Waals surface area contributed by atoms with Crippen LogP contribution in [0.3, 0.4) is 0 Å². The minimum Gasteiger partial charge on any atom is -0.323 e. The van der Waals surface area contributed by atoms with Crippen LogP contribution in [0.5, 0.6) is 0 Å². The monoisotopic (exact) mass is 180 g/mol. The summed E-state index contributed by atoms with van der Waals surface area (Å²) in [5.41, 5.74) is 2.58. The molecule has 0 spiro atoms. The molecular weight excluding hydrogens is 160 g/mol. The van der Waals surface area contributed by atoms with E-state index in [-0.39, 0.29) is 0 Å². The van der Waals surface area contributed by atoms with Crippen LogP contribution in [0.25, 0.3) is 0 Å². The Morgan fingerprint density at radius 2 is 1.85 bits per heavy atom. The topological polar surface area (TPSA) is 24.9 Å². The van der Waals surface area contributed by atoms with Gasteiger partial charge in [-0.15, -0.1) is 0 Å². The van der Waals surface area contributed by atoms with Gasteiger partial charge in [0, 0.05) is 11.9 Å². The lowest BCUT2D eigenvalue weighted by Gasteiger charge is -1.97. The fourth-order valence-corrected chi connectivity index (χ4v) is 0.941. The van der Waals surface area contributed by atoms with E-state index in [0.717, 1.165) is 12.8 Å². The van der Waals surface area contributed by atoms with Gasteiger partial charge in [0.25, 0.3) is 0 Å². The minimum atomic E-state index is 1.04. The van der Waals surface area contributed by atoms with Crippen LogP contribution in [0, 0.1) is 0 Å². The lowest BCUT2D eigenvalue weighted by molar-refractivity contribution is 1.01. The van der Waals surface area contributed by atoms with Crippen molar-refractivity contribution in [1.82, 2.24) is 10.3 Å². The van der Waals surface area contributed by atoms with Crippen LogP contribution in [-0.4, -0.2) is 19.1 Å². The van der Waals surface area contributed by atoms with Crippen LogP contribution in [0.15, 0.2) is 18.3 Å². The van der Waals surface area contributed by atoms with Crippen LogP contribution in [-0.2, 0) is 12.8 Å². The Balaban J connectivity index is 0.000000424. The zero-order valence-electron chi connectivity index (χ0n) is 9.09. The van der Waals surface area contributed by atoms with Gasteiger partial charge in [0.2, 0.25) is 0 Å². The van der Waals surface area contributed by atoms with E-state index in [4.69, 9.17) is 0 Å². The van der Waals surface area contributed by atoms with E-state index in [0.29, 0.717) is 0 Å². The third kappa shape index (κ3) is 5.36. The third-order valence-electron chi connectivity index (χ3n) is 1.65. The van der Waals surface area contributed by atoms with Crippen LogP contribution >= 0.6 is 0 Å². The summed E-state index contributed by atoms with van der Waals surface area (Å²) in [7, 11) is 3.75. The molecule has 0 fully saturated rings. The average molecular weight is 180 g/mol. The lowest BCUT2D eigenvalue weighted by Crippen LogP contribution is -1.89. The highest BCUT2D eigenvalue weighted by Crippen LogP contribution is 2.02. The highest BCUT2D eigenvalue weighted by Gasteiger charge is 1.90. The Bertz CT molecular complexity index is 202. The number of hydrogen-bond donors (Lipinski definition) is 1. The van der Waals surface area contributed by atoms with Gasteiger partial charge in [-0.25, -0.2) is 0 Å². The molecule has 2 nitrogen and oxygen atoms in total. The summed E-state index contributed by atoms with van der Waals surface area (Å²) < 4.78 is 0. The fraction of sp³-hybridized carbons (Fsp3) is 0.545. The second kappa shape index (κ2) is 7.74. The van der Waals surface area contributed by atoms with Gasteiger partial charge in [0.15, 0.2) is 0 Å². The molecule has 1 aromatic heterocycles. The summed E-state index contributed by atoms with van der Waals surface area (Å²) in [6.45, 7) is 4.29. The zero-order valence-corrected chi connectivity index (χ0v) is 9.09. The highest BCUT2D eigenvalue weighted by atomic mass is 14.7. The molecule has 0 radical (unpaired) electrons. The maximum atomic E-state index is 4.21. The molecule has 74 valence electrons. The summed E-state index contributed by atoms with van der Waals surface area (Å²) in [6, 6.07) is 4.24. The molecule has 1 rings (SSSR count). The molecule has 13 heavy (non-hydrogen) atoms. The maximum absolute atomic E-state index is 4.21. The van der Waals surface area contributed by atoms with E-state index in [9.17, 15) is 0 Å². The van der Waals surface area contributed by atoms with Crippen LogP contribution < -0.4 is 5.32 Å². The molecular formula is C11H20N2. The van der Waals surface area contributed by atoms with Gasteiger partial charge in [-0.3, -0.25) is 4.98 Å². The number of hydrogen-bond acceptors (Lipinski definition) is 2. The van der Waals surface area contributed by atoms with E-state index >= 15 is 0 Å². The molecule has 0 aliphatic heterocycles. The van der Waals surface area contributed by atoms with Crippen molar-refractivity contribution >= 4 is 0 Å². The third-order valence-corrected chi connectivity index (χ3v) is 1.65. The second-order valence-electron chi connectivity index (χ2n) is 2.86. The van der Waals surface area contributed by atoms with E-state index in [1.165, 1.54) is 11.3 Å². The molecule has 0 saturated carbocycles. The lowest BCUT2D eigenvalue weighted by atomic mass is 10.1. The molecule has 0 aliphatic rings. The predicted molar refractivity (Wildman–Crippen MR) is 58.0 cm³/mol. The maximum Gasteiger partial charge on any atom is 0.0403 e. The van der Waals surface area contributed by atoms with Crippen molar-refractivity contribution in [2.24, 2.45) is 0 Å². The fourth-order valence-electron chi connectivity index (χ4n) is 0.941. The van der Waals surface area contributed by atoms with E-state index in [2.05, 4.69) is 36.3 Å². The molecule has 2 heteroatoms. The van der Waals surface area contributed by atoms with Gasteiger partial charge in [0.05, 0.1) is 0 Å². The second-order valence-corrected chi connectivity index (χ2v) is 2.86. The Hall–Kier alpha value is -0.890. The van der Waals surface area contributed by atoms with Gasteiger partial charge in [-0.1, -0.05) is 13.8 Å². The molecule has 1 aromatic rings. The van der Waals surface area contributed by atoms with Crippen molar-refractivity contribution in [2.45, 2.75) is 26.7 Å². The summed E-state index contributed by atoms with van der Waals surface area (Å²) in [6.07, 6.45) is 4.03. The molecule has 1 heterocycles. The van der Waals surface area contributed by atoms with Gasteiger partial charge in [-0.05, 0) is 44.6 Å². The standard InChI is InChI=1S/C9H13N.C2H7N/c1-3-8-5-6-10-9(4-2)7-8;1-3-2/h5-7H,3-4H2,1-2H3;3H,1-2H3. The Morgan fingerprint density at radius 1 is 1.23 bits per heavy atom. The van der Waals surface area contributed by atoms with Gasteiger partial charge >= 0.3 is 0 Å². The van der Waals surface area contributed by atoms with Crippen molar-refractivity contribution in [3.8, 4) is 0 Å². The Labute approximate surface area is 81.4 Å². The summed E-state index contributed by atoms with van der Waals surface area (Å²) in [5.74, 6) is 0. The van der Waals surface area contributed by atoms with Crippen LogP contribution in [0.4, 0.5) is 0 Å². The number of aryl methyl sites for hydroxylation is 2. The van der Waals surface area contributed by atoms with Gasteiger partial charge < -0.3 is 5.32 Å².